The van der Waals surface area contributed by atoms with Crippen LogP contribution >= 0.6 is 11.3 Å². The molecule has 1 atom stereocenters. The molecule has 0 aromatic carbocycles. The molecule has 1 aromatic rings. The number of carbonyl (C=O) groups is 2. The summed E-state index contributed by atoms with van der Waals surface area (Å²) in [4.78, 5) is 26.2. The first-order valence-electron chi connectivity index (χ1n) is 6.87. The highest BCUT2D eigenvalue weighted by Crippen LogP contribution is 2.41. The first kappa shape index (κ1) is 15.8. The van der Waals surface area contributed by atoms with E-state index in [1.807, 2.05) is 4.90 Å². The second-order valence-electron chi connectivity index (χ2n) is 6.08. The molecule has 2 heterocycles. The number of amides is 1. The lowest BCUT2D eigenvalue weighted by molar-refractivity contribution is 0.0838. The van der Waals surface area contributed by atoms with Gasteiger partial charge in [0.2, 0.25) is 0 Å². The Morgan fingerprint density at radius 1 is 1.43 bits per heavy atom. The number of hydrogen-bond donors (Lipinski definition) is 3. The third-order valence-corrected chi connectivity index (χ3v) is 4.94. The lowest BCUT2D eigenvalue weighted by Crippen LogP contribution is -2.30. The topological polar surface area (TPSA) is 110 Å². The molecule has 0 spiro atoms. The largest absolute Gasteiger partial charge is 0.397 e. The normalized spacial score (nSPS) is 22.0. The number of ketones is 1. The highest BCUT2D eigenvalue weighted by Gasteiger charge is 2.36. The number of primary amides is 1. The number of nitrogen functional groups attached to an aromatic ring is 1. The number of carbonyl (C=O) groups excluding carboxylic acids is 2. The van der Waals surface area contributed by atoms with Gasteiger partial charge < -0.3 is 21.5 Å². The zero-order chi connectivity index (χ0) is 15.9. The van der Waals surface area contributed by atoms with E-state index in [-0.39, 0.29) is 23.0 Å². The Morgan fingerprint density at radius 3 is 2.48 bits per heavy atom. The number of nitrogens with zero attached hydrogens (tertiary/aromatic N) is 1. The summed E-state index contributed by atoms with van der Waals surface area (Å²) < 4.78 is 0. The van der Waals surface area contributed by atoms with E-state index in [4.69, 9.17) is 11.5 Å². The fraction of sp³-hybridized carbons (Fsp3) is 0.571. The van der Waals surface area contributed by atoms with Crippen molar-refractivity contribution in [3.63, 3.8) is 0 Å². The van der Waals surface area contributed by atoms with Crippen molar-refractivity contribution < 1.29 is 14.7 Å². The van der Waals surface area contributed by atoms with Crippen LogP contribution in [0.25, 0.3) is 0 Å². The van der Waals surface area contributed by atoms with E-state index in [0.717, 1.165) is 0 Å². The van der Waals surface area contributed by atoms with Crippen molar-refractivity contribution in [2.45, 2.75) is 32.8 Å². The fourth-order valence-corrected chi connectivity index (χ4v) is 3.80. The molecule has 1 aliphatic rings. The molecule has 1 aromatic heterocycles. The molecule has 1 fully saturated rings. The second-order valence-corrected chi connectivity index (χ2v) is 7.08. The smallest absolute Gasteiger partial charge is 0.253 e. The average molecular weight is 311 g/mol. The van der Waals surface area contributed by atoms with Gasteiger partial charge in [-0.15, -0.1) is 11.3 Å². The maximum Gasteiger partial charge on any atom is 0.253 e. The van der Waals surface area contributed by atoms with Crippen LogP contribution in [-0.2, 0) is 0 Å². The zero-order valence-corrected chi connectivity index (χ0v) is 13.3. The van der Waals surface area contributed by atoms with Gasteiger partial charge in [0.1, 0.15) is 5.00 Å². The maximum atomic E-state index is 12.2. The van der Waals surface area contributed by atoms with Gasteiger partial charge in [-0.3, -0.25) is 9.59 Å². The quantitative estimate of drug-likeness (QED) is 0.724. The van der Waals surface area contributed by atoms with Crippen LogP contribution in [0.2, 0.25) is 0 Å². The van der Waals surface area contributed by atoms with Gasteiger partial charge in [0.15, 0.2) is 5.78 Å². The van der Waals surface area contributed by atoms with Crippen LogP contribution < -0.4 is 16.4 Å². The van der Waals surface area contributed by atoms with E-state index in [0.29, 0.717) is 29.4 Å². The number of aliphatic hydroxyl groups is 1. The summed E-state index contributed by atoms with van der Waals surface area (Å²) in [5.41, 5.74) is 11.0. The number of rotatable bonds is 4. The van der Waals surface area contributed by atoms with Crippen LogP contribution in [0, 0.1) is 5.92 Å². The Kier molecular flexibility index (Phi) is 3.99. The predicted molar refractivity (Wildman–Crippen MR) is 83.9 cm³/mol. The van der Waals surface area contributed by atoms with E-state index in [1.165, 1.54) is 11.3 Å². The Labute approximate surface area is 127 Å². The maximum absolute atomic E-state index is 12.2. The molecular weight excluding hydrogens is 290 g/mol. The van der Waals surface area contributed by atoms with Crippen molar-refractivity contribution in [1.29, 1.82) is 0 Å². The molecule has 2 rings (SSSR count). The first-order valence-corrected chi connectivity index (χ1v) is 7.69. The van der Waals surface area contributed by atoms with Crippen molar-refractivity contribution in [3.05, 3.63) is 10.4 Å². The number of thiophene rings is 1. The third-order valence-electron chi connectivity index (χ3n) is 3.66. The summed E-state index contributed by atoms with van der Waals surface area (Å²) in [6, 6.07) is 0. The van der Waals surface area contributed by atoms with Gasteiger partial charge in [0.25, 0.3) is 5.91 Å². The summed E-state index contributed by atoms with van der Waals surface area (Å²) in [5, 5.41) is 10.7. The van der Waals surface area contributed by atoms with Crippen molar-refractivity contribution in [3.8, 4) is 0 Å². The number of nitrogens with two attached hydrogens (primary N) is 2. The molecule has 1 amide bonds. The van der Waals surface area contributed by atoms with Crippen LogP contribution in [0.3, 0.4) is 0 Å². The van der Waals surface area contributed by atoms with Crippen LogP contribution in [0.5, 0.6) is 0 Å². The molecule has 116 valence electrons. The molecule has 21 heavy (non-hydrogen) atoms. The van der Waals surface area contributed by atoms with E-state index >= 15 is 0 Å². The van der Waals surface area contributed by atoms with Gasteiger partial charge in [-0.05, 0) is 13.3 Å². The molecule has 7 heteroatoms. The average Bonchev–Trinajstić information content (AvgIpc) is 2.88. The lowest BCUT2D eigenvalue weighted by Gasteiger charge is -2.20. The molecule has 0 radical (unpaired) electrons. The van der Waals surface area contributed by atoms with Crippen molar-refractivity contribution >= 4 is 33.7 Å². The first-order chi connectivity index (χ1) is 9.64. The standard InChI is InChI=1S/C14H21N3O3S/c1-7(2)10(18)11-9(15)8(12(16)19)13(21-11)17-5-4-14(3,20)6-17/h7,20H,4-6,15H2,1-3H3,(H2,16,19). The van der Waals surface area contributed by atoms with E-state index in [2.05, 4.69) is 0 Å². The predicted octanol–water partition coefficient (Wildman–Crippen LogP) is 1.23. The Bertz CT molecular complexity index is 593. The number of Topliss-reactive ketones (excluding diaryl/α,β-unsaturated/α-hetero) is 1. The molecule has 0 aliphatic carbocycles. The van der Waals surface area contributed by atoms with Crippen molar-refractivity contribution in [1.82, 2.24) is 0 Å². The molecule has 0 saturated carbocycles. The van der Waals surface area contributed by atoms with Crippen LogP contribution in [0.15, 0.2) is 0 Å². The van der Waals surface area contributed by atoms with Crippen LogP contribution in [-0.4, -0.2) is 35.5 Å². The highest BCUT2D eigenvalue weighted by atomic mass is 32.1. The van der Waals surface area contributed by atoms with Crippen LogP contribution in [0.1, 0.15) is 47.2 Å². The molecule has 0 bridgehead atoms. The summed E-state index contributed by atoms with van der Waals surface area (Å²) in [6.45, 7) is 6.30. The summed E-state index contributed by atoms with van der Waals surface area (Å²) in [6.07, 6.45) is 0.594. The van der Waals surface area contributed by atoms with E-state index in [1.54, 1.807) is 20.8 Å². The summed E-state index contributed by atoms with van der Waals surface area (Å²) in [5.74, 6) is -0.952. The lowest BCUT2D eigenvalue weighted by atomic mass is 10.1. The molecule has 6 nitrogen and oxygen atoms in total. The van der Waals surface area contributed by atoms with Gasteiger partial charge in [0.05, 0.1) is 21.7 Å². The second kappa shape index (κ2) is 5.31. The SMILES string of the molecule is CC(C)C(=O)c1sc(N2CCC(C)(O)C2)c(C(N)=O)c1N. The molecule has 1 aliphatic heterocycles. The number of anilines is 2. The third kappa shape index (κ3) is 2.89. The Hall–Kier alpha value is -1.60. The van der Waals surface area contributed by atoms with Gasteiger partial charge in [-0.25, -0.2) is 0 Å². The minimum Gasteiger partial charge on any atom is -0.397 e. The van der Waals surface area contributed by atoms with Gasteiger partial charge in [-0.1, -0.05) is 13.8 Å². The summed E-state index contributed by atoms with van der Waals surface area (Å²) in [7, 11) is 0. The van der Waals surface area contributed by atoms with Crippen molar-refractivity contribution in [2.24, 2.45) is 11.7 Å². The number of hydrogen-bond acceptors (Lipinski definition) is 6. The summed E-state index contributed by atoms with van der Waals surface area (Å²) >= 11 is 1.19. The van der Waals surface area contributed by atoms with Gasteiger partial charge in [0, 0.05) is 19.0 Å². The monoisotopic (exact) mass is 311 g/mol. The minimum absolute atomic E-state index is 0.0998. The van der Waals surface area contributed by atoms with E-state index < -0.39 is 11.5 Å². The molecule has 5 N–H and O–H groups in total. The van der Waals surface area contributed by atoms with Gasteiger partial charge >= 0.3 is 0 Å². The van der Waals surface area contributed by atoms with Crippen LogP contribution in [0.4, 0.5) is 10.7 Å². The fourth-order valence-electron chi connectivity index (χ4n) is 2.46. The highest BCUT2D eigenvalue weighted by molar-refractivity contribution is 7.19. The Balaban J connectivity index is 2.48. The molecular formula is C14H21N3O3S. The Morgan fingerprint density at radius 2 is 2.05 bits per heavy atom. The minimum atomic E-state index is -0.810. The zero-order valence-electron chi connectivity index (χ0n) is 12.5. The number of β-amino-alcohol motifs (C(OH)–C–C–N with tert-alkyl or cyclic N) is 1. The molecule has 1 saturated heterocycles. The molecule has 1 unspecified atom stereocenters. The van der Waals surface area contributed by atoms with E-state index in [9.17, 15) is 14.7 Å². The van der Waals surface area contributed by atoms with Gasteiger partial charge in [-0.2, -0.15) is 0 Å². The van der Waals surface area contributed by atoms with Crippen molar-refractivity contribution in [2.75, 3.05) is 23.7 Å².